The van der Waals surface area contributed by atoms with E-state index in [1.807, 2.05) is 11.8 Å². The Kier molecular flexibility index (Phi) is 6.83. The molecule has 1 unspecified atom stereocenters. The number of piperidine rings is 1. The van der Waals surface area contributed by atoms with Gasteiger partial charge in [0.25, 0.3) is 0 Å². The molecule has 1 aromatic rings. The minimum absolute atomic E-state index is 0.108. The molecule has 0 aliphatic carbocycles. The normalized spacial score (nSPS) is 20.6. The van der Waals surface area contributed by atoms with Gasteiger partial charge in [-0.05, 0) is 39.0 Å². The molecular formula is C20H32N4O2. The van der Waals surface area contributed by atoms with Crippen LogP contribution in [-0.2, 0) is 9.53 Å². The second kappa shape index (κ2) is 9.31. The van der Waals surface area contributed by atoms with Gasteiger partial charge in [0.15, 0.2) is 0 Å². The van der Waals surface area contributed by atoms with Crippen molar-refractivity contribution in [1.82, 2.24) is 14.9 Å². The summed E-state index contributed by atoms with van der Waals surface area (Å²) >= 11 is 0. The van der Waals surface area contributed by atoms with E-state index in [-0.39, 0.29) is 12.5 Å². The highest BCUT2D eigenvalue weighted by atomic mass is 16.5. The van der Waals surface area contributed by atoms with Gasteiger partial charge in [-0.3, -0.25) is 4.79 Å². The van der Waals surface area contributed by atoms with Crippen molar-refractivity contribution < 1.29 is 9.53 Å². The SMILES string of the molecule is CCCCOCC(=O)N1CCCC(c2cc(N3CCCC3)nc(C)n2)C1. The van der Waals surface area contributed by atoms with Crippen LogP contribution in [0.15, 0.2) is 6.07 Å². The number of unbranched alkanes of at least 4 members (excludes halogenated alkanes) is 1. The Morgan fingerprint density at radius 2 is 2.04 bits per heavy atom. The average molecular weight is 361 g/mol. The van der Waals surface area contributed by atoms with Crippen LogP contribution in [0.1, 0.15) is 62.9 Å². The zero-order chi connectivity index (χ0) is 18.4. The molecule has 26 heavy (non-hydrogen) atoms. The number of hydrogen-bond donors (Lipinski definition) is 0. The van der Waals surface area contributed by atoms with Crippen LogP contribution in [0.25, 0.3) is 0 Å². The molecule has 0 bridgehead atoms. The first-order chi connectivity index (χ1) is 12.7. The lowest BCUT2D eigenvalue weighted by atomic mass is 9.94. The number of amides is 1. The molecule has 1 aromatic heterocycles. The van der Waals surface area contributed by atoms with E-state index in [1.165, 1.54) is 12.8 Å². The first-order valence-electron chi connectivity index (χ1n) is 10.1. The Balaban J connectivity index is 1.62. The summed E-state index contributed by atoms with van der Waals surface area (Å²) in [4.78, 5) is 26.1. The fourth-order valence-electron chi connectivity index (χ4n) is 3.83. The van der Waals surface area contributed by atoms with Gasteiger partial charge >= 0.3 is 0 Å². The van der Waals surface area contributed by atoms with Crippen molar-refractivity contribution in [2.45, 2.75) is 58.3 Å². The Morgan fingerprint density at radius 3 is 2.81 bits per heavy atom. The minimum Gasteiger partial charge on any atom is -0.372 e. The van der Waals surface area contributed by atoms with Gasteiger partial charge in [-0.2, -0.15) is 0 Å². The molecule has 2 aliphatic heterocycles. The van der Waals surface area contributed by atoms with Crippen molar-refractivity contribution in [2.75, 3.05) is 44.3 Å². The zero-order valence-electron chi connectivity index (χ0n) is 16.2. The fraction of sp³-hybridized carbons (Fsp3) is 0.750. The minimum atomic E-state index is 0.108. The number of rotatable bonds is 7. The average Bonchev–Trinajstić information content (AvgIpc) is 3.19. The van der Waals surface area contributed by atoms with Gasteiger partial charge in [-0.1, -0.05) is 13.3 Å². The van der Waals surface area contributed by atoms with Crippen molar-refractivity contribution in [2.24, 2.45) is 0 Å². The number of carbonyl (C=O) groups excluding carboxylic acids is 1. The monoisotopic (exact) mass is 360 g/mol. The molecule has 0 radical (unpaired) electrons. The Bertz CT molecular complexity index is 601. The van der Waals surface area contributed by atoms with E-state index in [4.69, 9.17) is 9.72 Å². The molecule has 3 heterocycles. The fourth-order valence-corrected chi connectivity index (χ4v) is 3.83. The predicted octanol–water partition coefficient (Wildman–Crippen LogP) is 2.91. The molecule has 6 heteroatoms. The molecule has 1 atom stereocenters. The smallest absolute Gasteiger partial charge is 0.248 e. The highest BCUT2D eigenvalue weighted by molar-refractivity contribution is 5.77. The molecule has 0 aromatic carbocycles. The van der Waals surface area contributed by atoms with Gasteiger partial charge in [0.2, 0.25) is 5.91 Å². The van der Waals surface area contributed by atoms with Crippen LogP contribution in [0, 0.1) is 6.92 Å². The van der Waals surface area contributed by atoms with E-state index in [0.29, 0.717) is 12.5 Å². The first-order valence-corrected chi connectivity index (χ1v) is 10.1. The summed E-state index contributed by atoms with van der Waals surface area (Å²) in [7, 11) is 0. The maximum Gasteiger partial charge on any atom is 0.248 e. The third-order valence-corrected chi connectivity index (χ3v) is 5.33. The molecule has 0 saturated carbocycles. The third kappa shape index (κ3) is 4.93. The van der Waals surface area contributed by atoms with E-state index in [1.54, 1.807) is 0 Å². The van der Waals surface area contributed by atoms with Crippen molar-refractivity contribution in [3.63, 3.8) is 0 Å². The number of nitrogens with zero attached hydrogens (tertiary/aromatic N) is 4. The largest absolute Gasteiger partial charge is 0.372 e. The molecule has 0 spiro atoms. The maximum atomic E-state index is 12.4. The summed E-state index contributed by atoms with van der Waals surface area (Å²) in [5.74, 6) is 2.29. The highest BCUT2D eigenvalue weighted by Crippen LogP contribution is 2.28. The van der Waals surface area contributed by atoms with Gasteiger partial charge in [0, 0.05) is 44.8 Å². The van der Waals surface area contributed by atoms with E-state index >= 15 is 0 Å². The van der Waals surface area contributed by atoms with E-state index in [9.17, 15) is 4.79 Å². The molecule has 2 saturated heterocycles. The molecule has 6 nitrogen and oxygen atoms in total. The van der Waals surface area contributed by atoms with Gasteiger partial charge < -0.3 is 14.5 Å². The topological polar surface area (TPSA) is 58.6 Å². The number of carbonyl (C=O) groups is 1. The number of aryl methyl sites for hydroxylation is 1. The van der Waals surface area contributed by atoms with Crippen molar-refractivity contribution in [1.29, 1.82) is 0 Å². The van der Waals surface area contributed by atoms with Crippen molar-refractivity contribution in [3.8, 4) is 0 Å². The Labute approximate surface area is 156 Å². The van der Waals surface area contributed by atoms with Gasteiger partial charge in [-0.25, -0.2) is 9.97 Å². The van der Waals surface area contributed by atoms with E-state index < -0.39 is 0 Å². The summed E-state index contributed by atoms with van der Waals surface area (Å²) in [5, 5.41) is 0. The summed E-state index contributed by atoms with van der Waals surface area (Å²) in [6.45, 7) is 8.71. The van der Waals surface area contributed by atoms with E-state index in [2.05, 4.69) is 22.9 Å². The summed E-state index contributed by atoms with van der Waals surface area (Å²) in [5.41, 5.74) is 1.09. The van der Waals surface area contributed by atoms with Gasteiger partial charge in [-0.15, -0.1) is 0 Å². The van der Waals surface area contributed by atoms with E-state index in [0.717, 1.165) is 69.2 Å². The van der Waals surface area contributed by atoms with Gasteiger partial charge in [0.05, 0.1) is 5.69 Å². The maximum absolute atomic E-state index is 12.4. The van der Waals surface area contributed by atoms with Gasteiger partial charge in [0.1, 0.15) is 18.2 Å². The van der Waals surface area contributed by atoms with Crippen LogP contribution < -0.4 is 4.90 Å². The Morgan fingerprint density at radius 1 is 1.23 bits per heavy atom. The second-order valence-corrected chi connectivity index (χ2v) is 7.48. The second-order valence-electron chi connectivity index (χ2n) is 7.48. The standard InChI is InChI=1S/C20H32N4O2/c1-3-4-12-26-15-20(25)24-11-7-8-17(14-24)18-13-19(22-16(2)21-18)23-9-5-6-10-23/h13,17H,3-12,14-15H2,1-2H3. The van der Waals surface area contributed by atoms with Crippen LogP contribution in [0.4, 0.5) is 5.82 Å². The van der Waals surface area contributed by atoms with Crippen LogP contribution in [-0.4, -0.2) is 60.2 Å². The lowest BCUT2D eigenvalue weighted by molar-refractivity contribution is -0.137. The van der Waals surface area contributed by atoms with Crippen molar-refractivity contribution >= 4 is 11.7 Å². The molecular weight excluding hydrogens is 328 g/mol. The first kappa shape index (κ1) is 19.1. The molecule has 2 fully saturated rings. The summed E-state index contributed by atoms with van der Waals surface area (Å²) in [6.07, 6.45) is 6.68. The van der Waals surface area contributed by atoms with Crippen LogP contribution >= 0.6 is 0 Å². The lowest BCUT2D eigenvalue weighted by Gasteiger charge is -2.33. The highest BCUT2D eigenvalue weighted by Gasteiger charge is 2.27. The van der Waals surface area contributed by atoms with Crippen molar-refractivity contribution in [3.05, 3.63) is 17.6 Å². The predicted molar refractivity (Wildman–Crippen MR) is 102 cm³/mol. The number of hydrogen-bond acceptors (Lipinski definition) is 5. The molecule has 144 valence electrons. The Hall–Kier alpha value is -1.69. The summed E-state index contributed by atoms with van der Waals surface area (Å²) < 4.78 is 5.51. The third-order valence-electron chi connectivity index (χ3n) is 5.33. The molecule has 0 N–H and O–H groups in total. The zero-order valence-corrected chi connectivity index (χ0v) is 16.2. The number of anilines is 1. The number of likely N-dealkylation sites (tertiary alicyclic amines) is 1. The summed E-state index contributed by atoms with van der Waals surface area (Å²) in [6, 6.07) is 2.15. The lowest BCUT2D eigenvalue weighted by Crippen LogP contribution is -2.41. The quantitative estimate of drug-likeness (QED) is 0.700. The van der Waals surface area contributed by atoms with Crippen LogP contribution in [0.3, 0.4) is 0 Å². The van der Waals surface area contributed by atoms with Crippen LogP contribution in [0.2, 0.25) is 0 Å². The molecule has 3 rings (SSSR count). The molecule has 1 amide bonds. The molecule has 2 aliphatic rings. The number of aromatic nitrogens is 2. The van der Waals surface area contributed by atoms with Crippen LogP contribution in [0.5, 0.6) is 0 Å². The number of ether oxygens (including phenoxy) is 1.